The van der Waals surface area contributed by atoms with Crippen LogP contribution in [0.4, 0.5) is 0 Å². The maximum absolute atomic E-state index is 5.62. The van der Waals surface area contributed by atoms with Gasteiger partial charge in [-0.2, -0.15) is 0 Å². The van der Waals surface area contributed by atoms with Gasteiger partial charge in [0.25, 0.3) is 0 Å². The van der Waals surface area contributed by atoms with Crippen LogP contribution < -0.4 is 11.3 Å². The minimum absolute atomic E-state index is 0.0629. The lowest BCUT2D eigenvalue weighted by Gasteiger charge is -2.17. The van der Waals surface area contributed by atoms with Crippen LogP contribution in [0.1, 0.15) is 22.7 Å². The summed E-state index contributed by atoms with van der Waals surface area (Å²) in [5.41, 5.74) is 6.30. The first-order chi connectivity index (χ1) is 8.31. The molecule has 0 aliphatic carbocycles. The molecule has 0 aliphatic heterocycles. The molecule has 2 heterocycles. The van der Waals surface area contributed by atoms with Gasteiger partial charge in [-0.1, -0.05) is 6.07 Å². The SMILES string of the molecule is Cc1ccncc1C(Cc1cccnc1)NN. The van der Waals surface area contributed by atoms with E-state index in [4.69, 9.17) is 5.84 Å². The van der Waals surface area contributed by atoms with Crippen LogP contribution in [0.2, 0.25) is 0 Å². The van der Waals surface area contributed by atoms with Crippen LogP contribution in [0.5, 0.6) is 0 Å². The number of nitrogens with zero attached hydrogens (tertiary/aromatic N) is 2. The van der Waals surface area contributed by atoms with Gasteiger partial charge in [0.2, 0.25) is 0 Å². The Bertz CT molecular complexity index is 470. The molecule has 88 valence electrons. The molecule has 0 aromatic carbocycles. The summed E-state index contributed by atoms with van der Waals surface area (Å²) in [5.74, 6) is 5.62. The number of aryl methyl sites for hydroxylation is 1. The van der Waals surface area contributed by atoms with Crippen LogP contribution >= 0.6 is 0 Å². The lowest BCUT2D eigenvalue weighted by Crippen LogP contribution is -2.30. The fourth-order valence-electron chi connectivity index (χ4n) is 1.85. The molecule has 0 fully saturated rings. The van der Waals surface area contributed by atoms with Crippen molar-refractivity contribution >= 4 is 0 Å². The van der Waals surface area contributed by atoms with Crippen molar-refractivity contribution in [2.24, 2.45) is 5.84 Å². The lowest BCUT2D eigenvalue weighted by atomic mass is 9.98. The third-order valence-corrected chi connectivity index (χ3v) is 2.82. The molecule has 4 heteroatoms. The molecule has 2 aromatic rings. The van der Waals surface area contributed by atoms with Crippen LogP contribution in [0.3, 0.4) is 0 Å². The average molecular weight is 228 g/mol. The molecular formula is C13H16N4. The monoisotopic (exact) mass is 228 g/mol. The quantitative estimate of drug-likeness (QED) is 0.615. The predicted octanol–water partition coefficient (Wildman–Crippen LogP) is 1.53. The zero-order valence-electron chi connectivity index (χ0n) is 9.80. The van der Waals surface area contributed by atoms with E-state index in [1.165, 1.54) is 5.56 Å². The third kappa shape index (κ3) is 2.87. The Morgan fingerprint density at radius 2 is 2.06 bits per heavy atom. The number of rotatable bonds is 4. The number of aromatic nitrogens is 2. The fraction of sp³-hybridized carbons (Fsp3) is 0.231. The fourth-order valence-corrected chi connectivity index (χ4v) is 1.85. The molecule has 0 bridgehead atoms. The first-order valence-electron chi connectivity index (χ1n) is 5.57. The maximum Gasteiger partial charge on any atom is 0.0518 e. The highest BCUT2D eigenvalue weighted by Gasteiger charge is 2.12. The van der Waals surface area contributed by atoms with Crippen molar-refractivity contribution in [3.05, 3.63) is 59.7 Å². The van der Waals surface area contributed by atoms with E-state index in [2.05, 4.69) is 22.3 Å². The topological polar surface area (TPSA) is 63.8 Å². The molecule has 0 spiro atoms. The summed E-state index contributed by atoms with van der Waals surface area (Å²) in [7, 11) is 0. The Labute approximate surface area is 101 Å². The number of nitrogens with two attached hydrogens (primary N) is 1. The Morgan fingerprint density at radius 3 is 2.71 bits per heavy atom. The van der Waals surface area contributed by atoms with E-state index >= 15 is 0 Å². The predicted molar refractivity (Wildman–Crippen MR) is 67.0 cm³/mol. The summed E-state index contributed by atoms with van der Waals surface area (Å²) in [6.07, 6.45) is 8.07. The molecule has 2 rings (SSSR count). The Balaban J connectivity index is 2.21. The molecule has 0 radical (unpaired) electrons. The van der Waals surface area contributed by atoms with E-state index in [1.807, 2.05) is 30.6 Å². The van der Waals surface area contributed by atoms with Crippen molar-refractivity contribution in [3.8, 4) is 0 Å². The number of hydrogen-bond acceptors (Lipinski definition) is 4. The highest BCUT2D eigenvalue weighted by molar-refractivity contribution is 5.27. The van der Waals surface area contributed by atoms with Crippen molar-refractivity contribution in [3.63, 3.8) is 0 Å². The smallest absolute Gasteiger partial charge is 0.0518 e. The number of hydrogen-bond donors (Lipinski definition) is 2. The summed E-state index contributed by atoms with van der Waals surface area (Å²) in [4.78, 5) is 8.25. The Kier molecular flexibility index (Phi) is 3.80. The average Bonchev–Trinajstić information content (AvgIpc) is 2.38. The van der Waals surface area contributed by atoms with Crippen LogP contribution in [-0.4, -0.2) is 9.97 Å². The highest BCUT2D eigenvalue weighted by Crippen LogP contribution is 2.19. The van der Waals surface area contributed by atoms with Crippen LogP contribution in [0.15, 0.2) is 43.0 Å². The Hall–Kier alpha value is -1.78. The van der Waals surface area contributed by atoms with Gasteiger partial charge in [-0.3, -0.25) is 21.2 Å². The van der Waals surface area contributed by atoms with Gasteiger partial charge < -0.3 is 0 Å². The van der Waals surface area contributed by atoms with Gasteiger partial charge in [-0.25, -0.2) is 0 Å². The van der Waals surface area contributed by atoms with Crippen molar-refractivity contribution in [2.45, 2.75) is 19.4 Å². The summed E-state index contributed by atoms with van der Waals surface area (Å²) in [6.45, 7) is 2.06. The van der Waals surface area contributed by atoms with E-state index in [-0.39, 0.29) is 6.04 Å². The van der Waals surface area contributed by atoms with Gasteiger partial charge in [0.05, 0.1) is 6.04 Å². The van der Waals surface area contributed by atoms with E-state index in [9.17, 15) is 0 Å². The second-order valence-corrected chi connectivity index (χ2v) is 4.02. The van der Waals surface area contributed by atoms with E-state index < -0.39 is 0 Å². The first-order valence-corrected chi connectivity index (χ1v) is 5.57. The van der Waals surface area contributed by atoms with Crippen LogP contribution in [0.25, 0.3) is 0 Å². The van der Waals surface area contributed by atoms with E-state index in [0.29, 0.717) is 0 Å². The molecule has 0 amide bonds. The van der Waals surface area contributed by atoms with E-state index in [1.54, 1.807) is 12.4 Å². The molecule has 0 saturated heterocycles. The largest absolute Gasteiger partial charge is 0.271 e. The normalized spacial score (nSPS) is 12.4. The van der Waals surface area contributed by atoms with Gasteiger partial charge >= 0.3 is 0 Å². The molecule has 17 heavy (non-hydrogen) atoms. The number of hydrazine groups is 1. The minimum atomic E-state index is 0.0629. The zero-order valence-corrected chi connectivity index (χ0v) is 9.80. The van der Waals surface area contributed by atoms with Gasteiger partial charge in [0.15, 0.2) is 0 Å². The molecule has 2 aromatic heterocycles. The van der Waals surface area contributed by atoms with Crippen molar-refractivity contribution in [1.29, 1.82) is 0 Å². The molecule has 1 unspecified atom stereocenters. The van der Waals surface area contributed by atoms with Gasteiger partial charge in [-0.05, 0) is 42.2 Å². The van der Waals surface area contributed by atoms with Crippen LogP contribution in [-0.2, 0) is 6.42 Å². The van der Waals surface area contributed by atoms with E-state index in [0.717, 1.165) is 17.5 Å². The minimum Gasteiger partial charge on any atom is -0.271 e. The standard InChI is InChI=1S/C13H16N4/c1-10-4-6-16-9-12(10)13(17-14)7-11-3-2-5-15-8-11/h2-6,8-9,13,17H,7,14H2,1H3. The molecule has 1 atom stereocenters. The lowest BCUT2D eigenvalue weighted by molar-refractivity contribution is 0.547. The number of nitrogens with one attached hydrogen (secondary N) is 1. The molecule has 4 nitrogen and oxygen atoms in total. The second-order valence-electron chi connectivity index (χ2n) is 4.02. The van der Waals surface area contributed by atoms with Gasteiger partial charge in [-0.15, -0.1) is 0 Å². The summed E-state index contributed by atoms with van der Waals surface area (Å²) < 4.78 is 0. The van der Waals surface area contributed by atoms with Gasteiger partial charge in [0, 0.05) is 24.8 Å². The third-order valence-electron chi connectivity index (χ3n) is 2.82. The van der Waals surface area contributed by atoms with Crippen molar-refractivity contribution in [1.82, 2.24) is 15.4 Å². The summed E-state index contributed by atoms with van der Waals surface area (Å²) in [6, 6.07) is 6.03. The van der Waals surface area contributed by atoms with Crippen LogP contribution in [0, 0.1) is 6.92 Å². The number of pyridine rings is 2. The Morgan fingerprint density at radius 1 is 1.24 bits per heavy atom. The maximum atomic E-state index is 5.62. The summed E-state index contributed by atoms with van der Waals surface area (Å²) in [5, 5.41) is 0. The molecule has 0 saturated carbocycles. The van der Waals surface area contributed by atoms with Crippen molar-refractivity contribution < 1.29 is 0 Å². The highest BCUT2D eigenvalue weighted by atomic mass is 15.2. The van der Waals surface area contributed by atoms with Crippen molar-refractivity contribution in [2.75, 3.05) is 0 Å². The summed E-state index contributed by atoms with van der Waals surface area (Å²) >= 11 is 0. The van der Waals surface area contributed by atoms with Gasteiger partial charge in [0.1, 0.15) is 0 Å². The first kappa shape index (κ1) is 11.7. The molecule has 3 N–H and O–H groups in total. The molecule has 0 aliphatic rings. The molecular weight excluding hydrogens is 212 g/mol. The zero-order chi connectivity index (χ0) is 12.1. The second kappa shape index (κ2) is 5.52.